The summed E-state index contributed by atoms with van der Waals surface area (Å²) in [7, 11) is 3.74. The Bertz CT molecular complexity index is 751. The number of anilines is 1. The fraction of sp³-hybridized carbons (Fsp3) is 0.250. The van der Waals surface area contributed by atoms with Gasteiger partial charge in [0.1, 0.15) is 5.75 Å². The van der Waals surface area contributed by atoms with E-state index in [1.54, 1.807) is 12.1 Å². The summed E-state index contributed by atoms with van der Waals surface area (Å²) < 4.78 is 5.55. The minimum Gasteiger partial charge on any atom is -0.485 e. The molecule has 2 aliphatic heterocycles. The largest absolute Gasteiger partial charge is 0.485 e. The number of hydrogen-bond donors (Lipinski definition) is 2. The third-order valence-corrected chi connectivity index (χ3v) is 3.84. The molecule has 0 aromatic heterocycles. The topological polar surface area (TPSA) is 90.3 Å². The molecule has 23 heavy (non-hydrogen) atoms. The standard InChI is InChI=1S/C16H16N2O5/c1-17(2)9-3-4-11-14(7-9)23-8-13(19)10-5-6-12(16(20)21)18(22)15(10)11/h3-7,12,22H,8H2,1-2H3,(H,20,21). The van der Waals surface area contributed by atoms with Gasteiger partial charge in [0, 0.05) is 37.0 Å². The van der Waals surface area contributed by atoms with E-state index < -0.39 is 12.0 Å². The first kappa shape index (κ1) is 15.1. The van der Waals surface area contributed by atoms with Gasteiger partial charge in [-0.3, -0.25) is 10.0 Å². The molecule has 7 heteroatoms. The van der Waals surface area contributed by atoms with Gasteiger partial charge in [0.15, 0.2) is 12.6 Å². The van der Waals surface area contributed by atoms with Crippen LogP contribution in [0.25, 0.3) is 5.70 Å². The lowest BCUT2D eigenvalue weighted by atomic mass is 9.97. The molecule has 7 nitrogen and oxygen atoms in total. The summed E-state index contributed by atoms with van der Waals surface area (Å²) in [5.74, 6) is -1.10. The summed E-state index contributed by atoms with van der Waals surface area (Å²) >= 11 is 0. The molecule has 0 amide bonds. The van der Waals surface area contributed by atoms with Crippen LogP contribution in [0.15, 0.2) is 35.9 Å². The maximum Gasteiger partial charge on any atom is 0.332 e. The number of Topliss-reactive ketones (excluding diaryl/α,β-unsaturated/α-hetero) is 1. The van der Waals surface area contributed by atoms with Crippen molar-refractivity contribution < 1.29 is 24.6 Å². The monoisotopic (exact) mass is 316 g/mol. The van der Waals surface area contributed by atoms with Crippen LogP contribution in [0.1, 0.15) is 5.56 Å². The number of nitrogens with zero attached hydrogens (tertiary/aromatic N) is 2. The number of allylic oxidation sites excluding steroid dienone is 1. The fourth-order valence-electron chi connectivity index (χ4n) is 2.62. The number of hydroxylamine groups is 2. The highest BCUT2D eigenvalue weighted by Crippen LogP contribution is 2.38. The number of fused-ring (bicyclic) bond motifs is 2. The van der Waals surface area contributed by atoms with Gasteiger partial charge in [0.25, 0.3) is 0 Å². The molecule has 1 atom stereocenters. The van der Waals surface area contributed by atoms with E-state index in [0.717, 1.165) is 5.69 Å². The van der Waals surface area contributed by atoms with Gasteiger partial charge < -0.3 is 14.7 Å². The molecule has 0 radical (unpaired) electrons. The van der Waals surface area contributed by atoms with Gasteiger partial charge in [-0.25, -0.2) is 9.86 Å². The third kappa shape index (κ3) is 2.44. The fourth-order valence-corrected chi connectivity index (χ4v) is 2.62. The van der Waals surface area contributed by atoms with Crippen molar-refractivity contribution in [2.24, 2.45) is 0 Å². The summed E-state index contributed by atoms with van der Waals surface area (Å²) in [6.45, 7) is -0.168. The quantitative estimate of drug-likeness (QED) is 0.845. The molecule has 1 aromatic carbocycles. The van der Waals surface area contributed by atoms with Gasteiger partial charge in [-0.2, -0.15) is 0 Å². The minimum atomic E-state index is -1.25. The Hall–Kier alpha value is -2.80. The van der Waals surface area contributed by atoms with Crippen LogP contribution in [0.2, 0.25) is 0 Å². The maximum atomic E-state index is 12.2. The van der Waals surface area contributed by atoms with Crippen LogP contribution in [-0.4, -0.2) is 53.9 Å². The van der Waals surface area contributed by atoms with E-state index in [1.165, 1.54) is 12.2 Å². The molecule has 120 valence electrons. The Balaban J connectivity index is 2.17. The van der Waals surface area contributed by atoms with Gasteiger partial charge in [-0.1, -0.05) is 6.08 Å². The van der Waals surface area contributed by atoms with Gasteiger partial charge in [0.05, 0.1) is 5.70 Å². The van der Waals surface area contributed by atoms with Crippen molar-refractivity contribution >= 4 is 23.1 Å². The Morgan fingerprint density at radius 2 is 2.13 bits per heavy atom. The predicted octanol–water partition coefficient (Wildman–Crippen LogP) is 1.14. The zero-order chi connectivity index (χ0) is 16.7. The first-order valence-electron chi connectivity index (χ1n) is 7.01. The van der Waals surface area contributed by atoms with Crippen LogP contribution in [0.3, 0.4) is 0 Å². The number of rotatable bonds is 2. The number of carboxylic acid groups (broad SMARTS) is 1. The molecule has 2 N–H and O–H groups in total. The van der Waals surface area contributed by atoms with Crippen molar-refractivity contribution in [2.75, 3.05) is 25.6 Å². The Morgan fingerprint density at radius 1 is 1.39 bits per heavy atom. The first-order chi connectivity index (χ1) is 10.9. The van der Waals surface area contributed by atoms with E-state index in [4.69, 9.17) is 4.74 Å². The highest BCUT2D eigenvalue weighted by Gasteiger charge is 2.35. The van der Waals surface area contributed by atoms with E-state index in [9.17, 15) is 19.9 Å². The lowest BCUT2D eigenvalue weighted by Crippen LogP contribution is -2.39. The van der Waals surface area contributed by atoms with Gasteiger partial charge in [-0.15, -0.1) is 0 Å². The normalized spacial score (nSPS) is 19.7. The van der Waals surface area contributed by atoms with Crippen molar-refractivity contribution in [3.63, 3.8) is 0 Å². The van der Waals surface area contributed by atoms with Crippen molar-refractivity contribution in [3.8, 4) is 5.75 Å². The van der Waals surface area contributed by atoms with E-state index in [-0.39, 0.29) is 23.7 Å². The number of hydrogen-bond acceptors (Lipinski definition) is 6. The summed E-state index contributed by atoms with van der Waals surface area (Å²) in [4.78, 5) is 25.4. The molecule has 2 heterocycles. The second-order valence-corrected chi connectivity index (χ2v) is 5.54. The van der Waals surface area contributed by atoms with Crippen LogP contribution in [0.5, 0.6) is 5.75 Å². The molecule has 1 aromatic rings. The van der Waals surface area contributed by atoms with E-state index >= 15 is 0 Å². The molecular formula is C16H16N2O5. The first-order valence-corrected chi connectivity index (χ1v) is 7.01. The van der Waals surface area contributed by atoms with Gasteiger partial charge >= 0.3 is 5.97 Å². The van der Waals surface area contributed by atoms with Crippen LogP contribution >= 0.6 is 0 Å². The van der Waals surface area contributed by atoms with E-state index in [1.807, 2.05) is 25.1 Å². The summed E-state index contributed by atoms with van der Waals surface area (Å²) in [5, 5.41) is 20.1. The summed E-state index contributed by atoms with van der Waals surface area (Å²) in [6, 6.07) is 4.02. The van der Waals surface area contributed by atoms with Crippen LogP contribution in [-0.2, 0) is 9.59 Å². The Kier molecular flexibility index (Phi) is 3.57. The van der Waals surface area contributed by atoms with Crippen molar-refractivity contribution in [1.29, 1.82) is 0 Å². The summed E-state index contributed by atoms with van der Waals surface area (Å²) in [6.07, 6.45) is 2.71. The van der Waals surface area contributed by atoms with Crippen molar-refractivity contribution in [2.45, 2.75) is 6.04 Å². The van der Waals surface area contributed by atoms with Crippen molar-refractivity contribution in [1.82, 2.24) is 5.06 Å². The van der Waals surface area contributed by atoms with E-state index in [0.29, 0.717) is 16.4 Å². The molecule has 0 saturated heterocycles. The number of carboxylic acids is 1. The number of carbonyl (C=O) groups is 2. The number of benzene rings is 1. The second-order valence-electron chi connectivity index (χ2n) is 5.54. The molecule has 3 rings (SSSR count). The number of carbonyl (C=O) groups excluding carboxylic acids is 1. The average Bonchev–Trinajstić information content (AvgIpc) is 2.65. The predicted molar refractivity (Wildman–Crippen MR) is 82.4 cm³/mol. The minimum absolute atomic E-state index is 0.155. The molecule has 0 fully saturated rings. The zero-order valence-electron chi connectivity index (χ0n) is 12.7. The molecular weight excluding hydrogens is 300 g/mol. The lowest BCUT2D eigenvalue weighted by Gasteiger charge is -2.29. The van der Waals surface area contributed by atoms with Gasteiger partial charge in [-0.05, 0) is 18.2 Å². The van der Waals surface area contributed by atoms with Crippen LogP contribution < -0.4 is 9.64 Å². The van der Waals surface area contributed by atoms with Crippen LogP contribution in [0.4, 0.5) is 5.69 Å². The van der Waals surface area contributed by atoms with Gasteiger partial charge in [0.2, 0.25) is 5.78 Å². The number of ether oxygens (including phenoxy) is 1. The van der Waals surface area contributed by atoms with E-state index in [2.05, 4.69) is 0 Å². The summed E-state index contributed by atoms with van der Waals surface area (Å²) in [5.41, 5.74) is 1.74. The Labute approximate surface area is 132 Å². The molecule has 0 bridgehead atoms. The number of aliphatic carboxylic acids is 1. The zero-order valence-corrected chi connectivity index (χ0v) is 12.7. The maximum absolute atomic E-state index is 12.2. The highest BCUT2D eigenvalue weighted by atomic mass is 16.5. The SMILES string of the molecule is CN(C)c1ccc2c(c1)OCC(=O)C1=C2N(O)C(C(=O)O)C=C1. The molecule has 0 aliphatic carbocycles. The molecule has 0 saturated carbocycles. The lowest BCUT2D eigenvalue weighted by molar-refractivity contribution is -0.151. The molecule has 0 spiro atoms. The Morgan fingerprint density at radius 3 is 2.78 bits per heavy atom. The average molecular weight is 316 g/mol. The third-order valence-electron chi connectivity index (χ3n) is 3.84. The smallest absolute Gasteiger partial charge is 0.332 e. The number of ketones is 1. The van der Waals surface area contributed by atoms with Crippen LogP contribution in [0, 0.1) is 0 Å². The second kappa shape index (κ2) is 5.44. The van der Waals surface area contributed by atoms with Crippen molar-refractivity contribution in [3.05, 3.63) is 41.5 Å². The molecule has 2 aliphatic rings. The highest BCUT2D eigenvalue weighted by molar-refractivity contribution is 6.08. The molecule has 1 unspecified atom stereocenters.